The number of carbonyl (C=O) groups excluding carboxylic acids is 1. The number of hydrogen-bond donors (Lipinski definition) is 1. The molecule has 0 bridgehead atoms. The van der Waals surface area contributed by atoms with Crippen molar-refractivity contribution in [2.24, 2.45) is 0 Å². The molecule has 7 nitrogen and oxygen atoms in total. The molecule has 1 fully saturated rings. The van der Waals surface area contributed by atoms with E-state index in [0.29, 0.717) is 30.4 Å². The largest absolute Gasteiger partial charge is 0.372 e. The van der Waals surface area contributed by atoms with Crippen LogP contribution in [0.2, 0.25) is 0 Å². The summed E-state index contributed by atoms with van der Waals surface area (Å²) in [5, 5.41) is 3.92. The van der Waals surface area contributed by atoms with Crippen molar-refractivity contribution in [1.82, 2.24) is 19.9 Å². The molecule has 0 aromatic carbocycles. The summed E-state index contributed by atoms with van der Waals surface area (Å²) in [6, 6.07) is 0. The summed E-state index contributed by atoms with van der Waals surface area (Å²) >= 11 is 1.44. The van der Waals surface area contributed by atoms with E-state index in [4.69, 9.17) is 4.74 Å². The zero-order valence-electron chi connectivity index (χ0n) is 13.4. The Morgan fingerprint density at radius 2 is 2.17 bits per heavy atom. The zero-order chi connectivity index (χ0) is 16.4. The van der Waals surface area contributed by atoms with Gasteiger partial charge in [0.2, 0.25) is 0 Å². The molecule has 3 heterocycles. The van der Waals surface area contributed by atoms with Crippen LogP contribution >= 0.6 is 11.3 Å². The summed E-state index contributed by atoms with van der Waals surface area (Å²) < 4.78 is 5.81. The molecule has 1 amide bonds. The third-order valence-corrected chi connectivity index (χ3v) is 4.78. The number of nitrogens with zero attached hydrogens (tertiary/aromatic N) is 4. The van der Waals surface area contributed by atoms with E-state index in [1.807, 2.05) is 18.7 Å². The van der Waals surface area contributed by atoms with Gasteiger partial charge in [0.25, 0.3) is 5.91 Å². The first-order valence-electron chi connectivity index (χ1n) is 7.43. The van der Waals surface area contributed by atoms with Crippen LogP contribution in [0.1, 0.15) is 32.2 Å². The van der Waals surface area contributed by atoms with Crippen LogP contribution in [-0.2, 0) is 4.74 Å². The van der Waals surface area contributed by atoms with Crippen LogP contribution < -0.4 is 5.32 Å². The molecular weight excluding hydrogens is 314 g/mol. The number of hydrogen-bond acceptors (Lipinski definition) is 7. The SMILES string of the molecule is CNc1nccnc1C1CN(C(=O)c2sc(C)nc2C)CCO1. The fourth-order valence-electron chi connectivity index (χ4n) is 2.65. The molecule has 1 atom stereocenters. The molecule has 23 heavy (non-hydrogen) atoms. The van der Waals surface area contributed by atoms with Gasteiger partial charge in [-0.25, -0.2) is 9.97 Å². The lowest BCUT2D eigenvalue weighted by Gasteiger charge is -2.32. The smallest absolute Gasteiger partial charge is 0.266 e. The Morgan fingerprint density at radius 3 is 2.87 bits per heavy atom. The lowest BCUT2D eigenvalue weighted by atomic mass is 10.2. The lowest BCUT2D eigenvalue weighted by molar-refractivity contribution is -0.0244. The number of carbonyl (C=O) groups is 1. The van der Waals surface area contributed by atoms with Crippen molar-refractivity contribution in [2.75, 3.05) is 32.1 Å². The monoisotopic (exact) mass is 333 g/mol. The maximum Gasteiger partial charge on any atom is 0.266 e. The quantitative estimate of drug-likeness (QED) is 0.923. The van der Waals surface area contributed by atoms with Gasteiger partial charge in [0.15, 0.2) is 0 Å². The van der Waals surface area contributed by atoms with Crippen LogP contribution in [0.5, 0.6) is 0 Å². The van der Waals surface area contributed by atoms with Gasteiger partial charge in [0, 0.05) is 26.0 Å². The molecule has 1 N–H and O–H groups in total. The minimum Gasteiger partial charge on any atom is -0.372 e. The summed E-state index contributed by atoms with van der Waals surface area (Å²) in [4.78, 5) is 28.2. The summed E-state index contributed by atoms with van der Waals surface area (Å²) in [5.74, 6) is 0.688. The van der Waals surface area contributed by atoms with Gasteiger partial charge in [0.05, 0.1) is 23.9 Å². The number of amides is 1. The van der Waals surface area contributed by atoms with Crippen molar-refractivity contribution < 1.29 is 9.53 Å². The van der Waals surface area contributed by atoms with E-state index in [2.05, 4.69) is 20.3 Å². The Balaban J connectivity index is 1.81. The third kappa shape index (κ3) is 3.18. The number of anilines is 1. The van der Waals surface area contributed by atoms with Crippen LogP contribution in [0, 0.1) is 13.8 Å². The Hall–Kier alpha value is -2.06. The maximum atomic E-state index is 12.8. The topological polar surface area (TPSA) is 80.2 Å². The predicted molar refractivity (Wildman–Crippen MR) is 87.8 cm³/mol. The fourth-order valence-corrected chi connectivity index (χ4v) is 3.54. The second-order valence-corrected chi connectivity index (χ2v) is 6.50. The number of aromatic nitrogens is 3. The van der Waals surface area contributed by atoms with Crippen molar-refractivity contribution in [3.63, 3.8) is 0 Å². The normalized spacial score (nSPS) is 18.0. The molecule has 0 radical (unpaired) electrons. The Kier molecular flexibility index (Phi) is 4.53. The molecule has 8 heteroatoms. The average molecular weight is 333 g/mol. The second-order valence-electron chi connectivity index (χ2n) is 5.30. The first-order valence-corrected chi connectivity index (χ1v) is 8.25. The van der Waals surface area contributed by atoms with E-state index in [0.717, 1.165) is 16.4 Å². The molecule has 1 unspecified atom stereocenters. The average Bonchev–Trinajstić information content (AvgIpc) is 2.92. The van der Waals surface area contributed by atoms with Crippen LogP contribution in [0.25, 0.3) is 0 Å². The van der Waals surface area contributed by atoms with Gasteiger partial charge >= 0.3 is 0 Å². The highest BCUT2D eigenvalue weighted by molar-refractivity contribution is 7.13. The molecule has 0 saturated carbocycles. The highest BCUT2D eigenvalue weighted by Gasteiger charge is 2.30. The molecule has 1 aliphatic rings. The molecule has 0 spiro atoms. The number of nitrogens with one attached hydrogen (secondary N) is 1. The van der Waals surface area contributed by atoms with Crippen molar-refractivity contribution >= 4 is 23.1 Å². The lowest BCUT2D eigenvalue weighted by Crippen LogP contribution is -2.42. The summed E-state index contributed by atoms with van der Waals surface area (Å²) in [6.45, 7) is 5.29. The Morgan fingerprint density at radius 1 is 1.39 bits per heavy atom. The third-order valence-electron chi connectivity index (χ3n) is 3.72. The zero-order valence-corrected chi connectivity index (χ0v) is 14.2. The standard InChI is InChI=1S/C15H19N5O2S/c1-9-13(23-10(2)19-9)15(21)20-6-7-22-11(8-20)12-14(16-3)18-5-4-17-12/h4-5,11H,6-8H2,1-3H3,(H,16,18). The first-order chi connectivity index (χ1) is 11.1. The molecule has 3 rings (SSSR count). The predicted octanol–water partition coefficient (Wildman–Crippen LogP) is 1.81. The van der Waals surface area contributed by atoms with Gasteiger partial charge in [0.1, 0.15) is 22.5 Å². The van der Waals surface area contributed by atoms with E-state index in [1.165, 1.54) is 11.3 Å². The number of morpholine rings is 1. The van der Waals surface area contributed by atoms with Crippen LogP contribution in [0.3, 0.4) is 0 Å². The van der Waals surface area contributed by atoms with Crippen LogP contribution in [0.4, 0.5) is 5.82 Å². The summed E-state index contributed by atoms with van der Waals surface area (Å²) in [5.41, 5.74) is 1.51. The van der Waals surface area contributed by atoms with Crippen molar-refractivity contribution in [3.05, 3.63) is 33.7 Å². The van der Waals surface area contributed by atoms with E-state index in [-0.39, 0.29) is 12.0 Å². The minimum atomic E-state index is -0.279. The number of aryl methyl sites for hydroxylation is 2. The van der Waals surface area contributed by atoms with Crippen molar-refractivity contribution in [2.45, 2.75) is 20.0 Å². The van der Waals surface area contributed by atoms with Gasteiger partial charge in [-0.05, 0) is 13.8 Å². The molecule has 2 aromatic heterocycles. The maximum absolute atomic E-state index is 12.8. The van der Waals surface area contributed by atoms with Crippen molar-refractivity contribution in [3.8, 4) is 0 Å². The molecule has 0 aliphatic carbocycles. The van der Waals surface area contributed by atoms with Crippen LogP contribution in [0.15, 0.2) is 12.4 Å². The van der Waals surface area contributed by atoms with Gasteiger partial charge in [-0.3, -0.25) is 9.78 Å². The summed E-state index contributed by atoms with van der Waals surface area (Å²) in [6.07, 6.45) is 2.99. The minimum absolute atomic E-state index is 0.0105. The first kappa shape index (κ1) is 15.8. The summed E-state index contributed by atoms with van der Waals surface area (Å²) in [7, 11) is 1.79. The molecule has 1 aliphatic heterocycles. The van der Waals surface area contributed by atoms with Gasteiger partial charge in [-0.2, -0.15) is 0 Å². The highest BCUT2D eigenvalue weighted by Crippen LogP contribution is 2.27. The van der Waals surface area contributed by atoms with E-state index >= 15 is 0 Å². The van der Waals surface area contributed by atoms with E-state index in [9.17, 15) is 4.79 Å². The van der Waals surface area contributed by atoms with Gasteiger partial charge < -0.3 is 15.0 Å². The molecule has 122 valence electrons. The second kappa shape index (κ2) is 6.59. The Bertz CT molecular complexity index is 718. The Labute approximate surface area is 138 Å². The number of thiazole rings is 1. The molecule has 2 aromatic rings. The molecular formula is C15H19N5O2S. The van der Waals surface area contributed by atoms with E-state index < -0.39 is 0 Å². The molecule has 1 saturated heterocycles. The van der Waals surface area contributed by atoms with E-state index in [1.54, 1.807) is 19.4 Å². The van der Waals surface area contributed by atoms with Gasteiger partial charge in [-0.15, -0.1) is 11.3 Å². The number of ether oxygens (including phenoxy) is 1. The number of rotatable bonds is 3. The fraction of sp³-hybridized carbons (Fsp3) is 0.467. The van der Waals surface area contributed by atoms with Gasteiger partial charge in [-0.1, -0.05) is 0 Å². The van der Waals surface area contributed by atoms with Crippen molar-refractivity contribution in [1.29, 1.82) is 0 Å². The van der Waals surface area contributed by atoms with Crippen LogP contribution in [-0.4, -0.2) is 52.5 Å². The highest BCUT2D eigenvalue weighted by atomic mass is 32.1.